The maximum atomic E-state index is 12.8. The predicted octanol–water partition coefficient (Wildman–Crippen LogP) is 11.9. The van der Waals surface area contributed by atoms with E-state index in [0.717, 1.165) is 64.0 Å². The fourth-order valence-corrected chi connectivity index (χ4v) is 8.44. The lowest BCUT2D eigenvalue weighted by atomic mass is 10.0. The van der Waals surface area contributed by atoms with Gasteiger partial charge in [0.25, 0.3) is 0 Å². The summed E-state index contributed by atoms with van der Waals surface area (Å²) in [4.78, 5) is 80.7. The Morgan fingerprint density at radius 3 is 1.31 bits per heavy atom. The van der Waals surface area contributed by atoms with Gasteiger partial charge in [-0.25, -0.2) is 19.2 Å². The van der Waals surface area contributed by atoms with Crippen molar-refractivity contribution in [3.05, 3.63) is 179 Å². The second kappa shape index (κ2) is 29.8. The third kappa shape index (κ3) is 18.9. The largest absolute Gasteiger partial charge is 0.494 e. The van der Waals surface area contributed by atoms with Crippen molar-refractivity contribution in [2.24, 2.45) is 0 Å². The van der Waals surface area contributed by atoms with Crippen LogP contribution in [0.2, 0.25) is 0 Å². The third-order valence-corrected chi connectivity index (χ3v) is 13.1. The van der Waals surface area contributed by atoms with Crippen LogP contribution in [0, 0.1) is 0 Å². The second-order valence-corrected chi connectivity index (χ2v) is 19.1. The molecule has 0 radical (unpaired) electrons. The molecule has 0 saturated carbocycles. The number of nitrogens with zero attached hydrogens (tertiary/aromatic N) is 2. The van der Waals surface area contributed by atoms with Crippen LogP contribution < -0.4 is 28.6 Å². The summed E-state index contributed by atoms with van der Waals surface area (Å²) < 4.78 is 33.3. The molecule has 77 heavy (non-hydrogen) atoms. The van der Waals surface area contributed by atoms with Gasteiger partial charge in [-0.3, -0.25) is 9.59 Å². The molecule has 0 aromatic heterocycles. The van der Waals surface area contributed by atoms with E-state index in [-0.39, 0.29) is 43.0 Å². The van der Waals surface area contributed by atoms with Crippen LogP contribution in [-0.2, 0) is 27.2 Å². The van der Waals surface area contributed by atoms with Crippen LogP contribution in [0.1, 0.15) is 130 Å². The molecular weight excluding hydrogens is 977 g/mol. The molecule has 402 valence electrons. The SMILES string of the molecule is CCCCCCCc1ccc(C(=O)Oc2ccc(OC(=O)c3ccc(OCCCCCCOC(=O)CCC(=O)Cc4ccc(C(=O)Oc5ccc(C(=O)Oc6ccc(N7CCN(C)CC7)cc6)cc5)cc4)cc3)cc2)cc1. The highest BCUT2D eigenvalue weighted by molar-refractivity contribution is 5.94. The number of Topliss-reactive ketones (excluding diaryl/α,β-unsaturated/α-hetero) is 1. The highest BCUT2D eigenvalue weighted by Crippen LogP contribution is 2.24. The van der Waals surface area contributed by atoms with Crippen LogP contribution in [0.4, 0.5) is 5.69 Å². The molecule has 7 rings (SSSR count). The van der Waals surface area contributed by atoms with E-state index in [2.05, 4.69) is 23.8 Å². The summed E-state index contributed by atoms with van der Waals surface area (Å²) in [5.74, 6) is -0.717. The first kappa shape index (κ1) is 56.6. The average Bonchev–Trinajstić information content (AvgIpc) is 3.45. The van der Waals surface area contributed by atoms with Crippen molar-refractivity contribution in [2.45, 2.75) is 90.4 Å². The zero-order valence-corrected chi connectivity index (χ0v) is 44.1. The summed E-state index contributed by atoms with van der Waals surface area (Å²) in [5.41, 5.74) is 4.39. The van der Waals surface area contributed by atoms with Crippen molar-refractivity contribution in [3.63, 3.8) is 0 Å². The Kier molecular flexibility index (Phi) is 22.0. The standard InChI is InChI=1S/C63H68N2O12/c1-3-4-5-6-9-12-46-13-17-48(18-14-46)60(68)76-57-34-36-58(37-35-57)77-62(70)50-21-28-54(29-22-50)72-43-10-7-8-11-44-73-59(67)38-27-53(66)45-47-15-19-49(20-16-47)61(69)74-55-30-23-51(24-31-55)63(71)75-56-32-25-52(26-33-56)65-41-39-64(2)40-42-65/h13-26,28-37H,3-12,27,38-45H2,1-2H3. The Morgan fingerprint density at radius 2 is 0.818 bits per heavy atom. The number of carbonyl (C=O) groups is 6. The van der Waals surface area contributed by atoms with Crippen LogP contribution in [0.15, 0.2) is 146 Å². The third-order valence-electron chi connectivity index (χ3n) is 13.1. The molecule has 0 amide bonds. The molecule has 6 aromatic carbocycles. The average molecular weight is 1050 g/mol. The van der Waals surface area contributed by atoms with E-state index in [0.29, 0.717) is 58.3 Å². The van der Waals surface area contributed by atoms with Gasteiger partial charge in [0.1, 0.15) is 34.5 Å². The molecule has 1 aliphatic rings. The van der Waals surface area contributed by atoms with Gasteiger partial charge in [0.2, 0.25) is 0 Å². The first-order valence-electron chi connectivity index (χ1n) is 26.7. The van der Waals surface area contributed by atoms with Gasteiger partial charge in [0, 0.05) is 44.7 Å². The number of anilines is 1. The number of ketones is 1. The van der Waals surface area contributed by atoms with E-state index in [1.54, 1.807) is 97.1 Å². The molecule has 1 saturated heterocycles. The van der Waals surface area contributed by atoms with Crippen molar-refractivity contribution in [1.29, 1.82) is 0 Å². The fraction of sp³-hybridized carbons (Fsp3) is 0.333. The minimum Gasteiger partial charge on any atom is -0.494 e. The zero-order valence-electron chi connectivity index (χ0n) is 44.1. The van der Waals surface area contributed by atoms with Gasteiger partial charge in [-0.2, -0.15) is 0 Å². The molecule has 0 aliphatic carbocycles. The summed E-state index contributed by atoms with van der Waals surface area (Å²) in [6.45, 7) is 6.82. The maximum Gasteiger partial charge on any atom is 0.343 e. The Balaban J connectivity index is 0.696. The lowest BCUT2D eigenvalue weighted by Crippen LogP contribution is -2.44. The minimum absolute atomic E-state index is 0.0182. The molecule has 0 N–H and O–H groups in total. The Hall–Kier alpha value is -8.10. The molecule has 1 fully saturated rings. The zero-order chi connectivity index (χ0) is 54.2. The smallest absolute Gasteiger partial charge is 0.343 e. The van der Waals surface area contributed by atoms with E-state index < -0.39 is 29.8 Å². The van der Waals surface area contributed by atoms with E-state index in [1.807, 2.05) is 24.3 Å². The molecule has 14 heteroatoms. The number of carbonyl (C=O) groups excluding carboxylic acids is 6. The number of aryl methyl sites for hydroxylation is 1. The van der Waals surface area contributed by atoms with Crippen molar-refractivity contribution in [1.82, 2.24) is 4.90 Å². The lowest BCUT2D eigenvalue weighted by Gasteiger charge is -2.34. The number of likely N-dealkylation sites (N-methyl/N-ethyl adjacent to an activating group) is 1. The number of unbranched alkanes of at least 4 members (excludes halogenated alkanes) is 7. The molecule has 0 unspecified atom stereocenters. The summed E-state index contributed by atoms with van der Waals surface area (Å²) in [7, 11) is 2.11. The number of piperazine rings is 1. The number of ether oxygens (including phenoxy) is 6. The van der Waals surface area contributed by atoms with Gasteiger partial charge < -0.3 is 38.2 Å². The molecule has 1 heterocycles. The molecule has 6 aromatic rings. The van der Waals surface area contributed by atoms with Gasteiger partial charge >= 0.3 is 29.8 Å². The Bertz CT molecular complexity index is 2840. The number of esters is 5. The molecule has 1 aliphatic heterocycles. The summed E-state index contributed by atoms with van der Waals surface area (Å²) >= 11 is 0. The second-order valence-electron chi connectivity index (χ2n) is 19.1. The van der Waals surface area contributed by atoms with E-state index in [4.69, 9.17) is 28.4 Å². The quantitative estimate of drug-likeness (QED) is 0.0259. The lowest BCUT2D eigenvalue weighted by molar-refractivity contribution is -0.144. The molecule has 0 bridgehead atoms. The van der Waals surface area contributed by atoms with Crippen LogP contribution in [0.5, 0.6) is 28.7 Å². The first-order valence-corrected chi connectivity index (χ1v) is 26.7. The van der Waals surface area contributed by atoms with Gasteiger partial charge in [-0.05, 0) is 178 Å². The number of benzene rings is 6. The number of rotatable bonds is 28. The monoisotopic (exact) mass is 1040 g/mol. The fourth-order valence-electron chi connectivity index (χ4n) is 8.44. The van der Waals surface area contributed by atoms with Crippen molar-refractivity contribution < 1.29 is 57.2 Å². The van der Waals surface area contributed by atoms with Crippen molar-refractivity contribution >= 4 is 41.3 Å². The van der Waals surface area contributed by atoms with Crippen LogP contribution >= 0.6 is 0 Å². The molecule has 0 spiro atoms. The topological polar surface area (TPSA) is 164 Å². The first-order chi connectivity index (χ1) is 37.5. The van der Waals surface area contributed by atoms with Crippen LogP contribution in [-0.4, -0.2) is 87.0 Å². The molecule has 14 nitrogen and oxygen atoms in total. The predicted molar refractivity (Wildman–Crippen MR) is 294 cm³/mol. The van der Waals surface area contributed by atoms with Gasteiger partial charge in [-0.1, -0.05) is 56.9 Å². The molecule has 0 atom stereocenters. The number of hydrogen-bond donors (Lipinski definition) is 0. The van der Waals surface area contributed by atoms with E-state index >= 15 is 0 Å². The van der Waals surface area contributed by atoms with Gasteiger partial charge in [0.05, 0.1) is 41.9 Å². The highest BCUT2D eigenvalue weighted by Gasteiger charge is 2.17. The van der Waals surface area contributed by atoms with Gasteiger partial charge in [0.15, 0.2) is 0 Å². The Morgan fingerprint density at radius 1 is 0.416 bits per heavy atom. The van der Waals surface area contributed by atoms with E-state index in [1.165, 1.54) is 55.5 Å². The normalized spacial score (nSPS) is 12.3. The minimum atomic E-state index is -0.594. The summed E-state index contributed by atoms with van der Waals surface area (Å²) in [6.07, 6.45) is 10.4. The van der Waals surface area contributed by atoms with Crippen LogP contribution in [0.3, 0.4) is 0 Å². The highest BCUT2D eigenvalue weighted by atomic mass is 16.6. The van der Waals surface area contributed by atoms with Crippen molar-refractivity contribution in [2.75, 3.05) is 51.3 Å². The Labute approximate surface area is 451 Å². The van der Waals surface area contributed by atoms with Crippen LogP contribution in [0.25, 0.3) is 0 Å². The molecular formula is C63H68N2O12. The number of hydrogen-bond acceptors (Lipinski definition) is 14. The van der Waals surface area contributed by atoms with Gasteiger partial charge in [-0.15, -0.1) is 0 Å². The summed E-state index contributed by atoms with van der Waals surface area (Å²) in [6, 6.07) is 40.6. The van der Waals surface area contributed by atoms with Crippen molar-refractivity contribution in [3.8, 4) is 28.7 Å². The van der Waals surface area contributed by atoms with E-state index in [9.17, 15) is 28.8 Å². The maximum absolute atomic E-state index is 12.8. The summed E-state index contributed by atoms with van der Waals surface area (Å²) in [5, 5.41) is 0.